The Bertz CT molecular complexity index is 977. The van der Waals surface area contributed by atoms with Gasteiger partial charge in [-0.3, -0.25) is 0 Å². The average molecular weight is 525 g/mol. The van der Waals surface area contributed by atoms with E-state index in [0.29, 0.717) is 20.4 Å². The monoisotopic (exact) mass is 523 g/mol. The van der Waals surface area contributed by atoms with E-state index in [0.717, 1.165) is 17.7 Å². The van der Waals surface area contributed by atoms with Crippen molar-refractivity contribution in [3.63, 3.8) is 0 Å². The van der Waals surface area contributed by atoms with Gasteiger partial charge < -0.3 is 19.6 Å². The highest BCUT2D eigenvalue weighted by molar-refractivity contribution is 9.11. The molecular formula is C22H23Br2NO4. The summed E-state index contributed by atoms with van der Waals surface area (Å²) in [7, 11) is 0. The van der Waals surface area contributed by atoms with Gasteiger partial charge in [0.1, 0.15) is 11.5 Å². The summed E-state index contributed by atoms with van der Waals surface area (Å²) < 4.78 is 12.7. The molecule has 3 rings (SSSR count). The van der Waals surface area contributed by atoms with Crippen LogP contribution in [0.15, 0.2) is 45.5 Å². The molecule has 0 spiro atoms. The highest BCUT2D eigenvalue weighted by atomic mass is 79.9. The lowest BCUT2D eigenvalue weighted by Gasteiger charge is -2.12. The van der Waals surface area contributed by atoms with Gasteiger partial charge >= 0.3 is 5.97 Å². The topological polar surface area (TPSA) is 71.5 Å². The molecule has 29 heavy (non-hydrogen) atoms. The lowest BCUT2D eigenvalue weighted by atomic mass is 10.1. The Morgan fingerprint density at radius 2 is 1.83 bits per heavy atom. The maximum absolute atomic E-state index is 10.7. The van der Waals surface area contributed by atoms with E-state index in [1.165, 1.54) is 36.6 Å². The van der Waals surface area contributed by atoms with Crippen molar-refractivity contribution >= 4 is 48.7 Å². The largest absolute Gasteiger partial charge is 0.482 e. The zero-order valence-electron chi connectivity index (χ0n) is 16.1. The third-order valence-corrected chi connectivity index (χ3v) is 5.77. The number of halogens is 2. The summed E-state index contributed by atoms with van der Waals surface area (Å²) in [5.74, 6) is 0.747. The first-order valence-corrected chi connectivity index (χ1v) is 11.2. The molecule has 0 aliphatic rings. The zero-order chi connectivity index (χ0) is 20.8. The van der Waals surface area contributed by atoms with Gasteiger partial charge in [-0.05, 0) is 80.6 Å². The smallest absolute Gasteiger partial charge is 0.341 e. The number of unbranched alkanes of at least 4 members (excludes halogenated alkanes) is 3. The third-order valence-electron chi connectivity index (χ3n) is 4.59. The van der Waals surface area contributed by atoms with E-state index in [-0.39, 0.29) is 0 Å². The molecule has 1 aromatic heterocycles. The van der Waals surface area contributed by atoms with Crippen molar-refractivity contribution in [2.45, 2.75) is 39.0 Å². The van der Waals surface area contributed by atoms with Crippen LogP contribution in [0.2, 0.25) is 0 Å². The van der Waals surface area contributed by atoms with Gasteiger partial charge in [0.05, 0.1) is 8.95 Å². The summed E-state index contributed by atoms with van der Waals surface area (Å²) in [6.45, 7) is 1.82. The van der Waals surface area contributed by atoms with Crippen molar-refractivity contribution in [2.24, 2.45) is 0 Å². The lowest BCUT2D eigenvalue weighted by Crippen LogP contribution is -2.09. The number of aryl methyl sites for hydroxylation is 1. The van der Waals surface area contributed by atoms with Crippen LogP contribution in [0.25, 0.3) is 10.9 Å². The number of carbonyl (C=O) groups is 1. The Kier molecular flexibility index (Phi) is 7.61. The van der Waals surface area contributed by atoms with Crippen molar-refractivity contribution in [3.8, 4) is 17.2 Å². The van der Waals surface area contributed by atoms with Crippen LogP contribution in [-0.2, 0) is 11.2 Å². The van der Waals surface area contributed by atoms with E-state index in [1.54, 1.807) is 12.1 Å². The van der Waals surface area contributed by atoms with Crippen LogP contribution in [0.1, 0.15) is 38.2 Å². The number of carboxylic acids is 1. The second-order valence-corrected chi connectivity index (χ2v) is 8.54. The predicted molar refractivity (Wildman–Crippen MR) is 121 cm³/mol. The molecule has 0 aliphatic carbocycles. The van der Waals surface area contributed by atoms with E-state index in [1.807, 2.05) is 12.1 Å². The third kappa shape index (κ3) is 5.76. The first kappa shape index (κ1) is 21.7. The quantitative estimate of drug-likeness (QED) is 0.278. The zero-order valence-corrected chi connectivity index (χ0v) is 19.3. The van der Waals surface area contributed by atoms with Gasteiger partial charge in [-0.15, -0.1) is 0 Å². The van der Waals surface area contributed by atoms with Crippen LogP contribution in [0.5, 0.6) is 17.2 Å². The highest BCUT2D eigenvalue weighted by Gasteiger charge is 2.13. The van der Waals surface area contributed by atoms with Crippen LogP contribution in [-0.4, -0.2) is 22.7 Å². The number of nitrogens with one attached hydrogen (secondary N) is 1. The predicted octanol–water partition coefficient (Wildman–Crippen LogP) is 7.07. The van der Waals surface area contributed by atoms with E-state index >= 15 is 0 Å². The number of carboxylic acid groups (broad SMARTS) is 1. The molecule has 0 amide bonds. The molecule has 2 aromatic carbocycles. The number of fused-ring (bicyclic) bond motifs is 1. The fourth-order valence-corrected chi connectivity index (χ4v) is 4.46. The molecule has 1 heterocycles. The van der Waals surface area contributed by atoms with Crippen molar-refractivity contribution in [1.82, 2.24) is 4.98 Å². The number of rotatable bonds is 10. The molecule has 5 nitrogen and oxygen atoms in total. The van der Waals surface area contributed by atoms with Gasteiger partial charge in [0, 0.05) is 17.1 Å². The Morgan fingerprint density at radius 1 is 1.07 bits per heavy atom. The fraction of sp³-hybridized carbons (Fsp3) is 0.318. The minimum Gasteiger partial charge on any atom is -0.482 e. The number of hydrogen-bond donors (Lipinski definition) is 2. The molecule has 0 saturated heterocycles. The van der Waals surface area contributed by atoms with Crippen LogP contribution in [0, 0.1) is 0 Å². The Balaban J connectivity index is 1.78. The van der Waals surface area contributed by atoms with Crippen molar-refractivity contribution in [1.29, 1.82) is 0 Å². The molecule has 0 saturated carbocycles. The maximum Gasteiger partial charge on any atom is 0.341 e. The van der Waals surface area contributed by atoms with Crippen LogP contribution in [0.4, 0.5) is 0 Å². The summed E-state index contributed by atoms with van der Waals surface area (Å²) in [5.41, 5.74) is 2.40. The summed E-state index contributed by atoms with van der Waals surface area (Å²) >= 11 is 6.96. The molecule has 0 atom stereocenters. The Morgan fingerprint density at radius 3 is 2.52 bits per heavy atom. The van der Waals surface area contributed by atoms with Crippen LogP contribution >= 0.6 is 31.9 Å². The standard InChI is InChI=1S/C22H23Br2NO4/c1-2-3-4-5-6-14-12-25-20-8-7-15(9-17(14)20)29-22-18(23)10-16(11-19(22)24)28-13-21(26)27/h7-12,25H,2-6,13H2,1H3,(H,26,27). The van der Waals surface area contributed by atoms with Crippen molar-refractivity contribution < 1.29 is 19.4 Å². The van der Waals surface area contributed by atoms with Gasteiger partial charge in [-0.1, -0.05) is 26.2 Å². The molecule has 0 radical (unpaired) electrons. The van der Waals surface area contributed by atoms with E-state index in [2.05, 4.69) is 56.0 Å². The van der Waals surface area contributed by atoms with Gasteiger partial charge in [-0.2, -0.15) is 0 Å². The molecule has 0 aliphatic heterocycles. The number of H-pyrrole nitrogens is 1. The van der Waals surface area contributed by atoms with Crippen LogP contribution in [0.3, 0.4) is 0 Å². The first-order chi connectivity index (χ1) is 14.0. The molecule has 0 fully saturated rings. The summed E-state index contributed by atoms with van der Waals surface area (Å²) in [5, 5.41) is 9.93. The lowest BCUT2D eigenvalue weighted by molar-refractivity contribution is -0.139. The van der Waals surface area contributed by atoms with E-state index < -0.39 is 12.6 Å². The number of benzene rings is 2. The number of aromatic amines is 1. The number of hydrogen-bond acceptors (Lipinski definition) is 3. The minimum atomic E-state index is -1.03. The molecule has 154 valence electrons. The molecule has 2 N–H and O–H groups in total. The minimum absolute atomic E-state index is 0.399. The number of aliphatic carboxylic acids is 1. The van der Waals surface area contributed by atoms with Crippen molar-refractivity contribution in [2.75, 3.05) is 6.61 Å². The normalized spacial score (nSPS) is 11.0. The summed E-state index contributed by atoms with van der Waals surface area (Å²) in [6.07, 6.45) is 8.06. The Hall–Kier alpha value is -1.99. The second-order valence-electron chi connectivity index (χ2n) is 6.83. The first-order valence-electron chi connectivity index (χ1n) is 9.59. The average Bonchev–Trinajstić information content (AvgIpc) is 3.09. The molecule has 3 aromatic rings. The van der Waals surface area contributed by atoms with Gasteiger partial charge in [-0.25, -0.2) is 4.79 Å². The summed E-state index contributed by atoms with van der Waals surface area (Å²) in [4.78, 5) is 14.0. The van der Waals surface area contributed by atoms with Crippen molar-refractivity contribution in [3.05, 3.63) is 51.0 Å². The van der Waals surface area contributed by atoms with E-state index in [9.17, 15) is 4.79 Å². The van der Waals surface area contributed by atoms with Crippen LogP contribution < -0.4 is 9.47 Å². The number of aromatic nitrogens is 1. The molecule has 0 unspecified atom stereocenters. The van der Waals surface area contributed by atoms with E-state index in [4.69, 9.17) is 14.6 Å². The van der Waals surface area contributed by atoms with Gasteiger partial charge in [0.25, 0.3) is 0 Å². The summed E-state index contributed by atoms with van der Waals surface area (Å²) in [6, 6.07) is 9.38. The second kappa shape index (κ2) is 10.2. The van der Waals surface area contributed by atoms with Gasteiger partial charge in [0.15, 0.2) is 12.4 Å². The SMILES string of the molecule is CCCCCCc1c[nH]c2ccc(Oc3c(Br)cc(OCC(=O)O)cc3Br)cc12. The fourth-order valence-electron chi connectivity index (χ4n) is 3.15. The maximum atomic E-state index is 10.7. The van der Waals surface area contributed by atoms with Gasteiger partial charge in [0.2, 0.25) is 0 Å². The Labute approximate surface area is 186 Å². The number of ether oxygens (including phenoxy) is 2. The molecule has 0 bridgehead atoms. The highest BCUT2D eigenvalue weighted by Crippen LogP contribution is 2.40. The molecular weight excluding hydrogens is 502 g/mol. The molecule has 7 heteroatoms.